The third kappa shape index (κ3) is 29.6. The largest absolute Gasteiger partial charge is 0.394 e. The van der Waals surface area contributed by atoms with E-state index in [2.05, 4.69) is 54.1 Å². The van der Waals surface area contributed by atoms with Crippen LogP contribution >= 0.6 is 0 Å². The van der Waals surface area contributed by atoms with Gasteiger partial charge in [-0.15, -0.1) is 0 Å². The van der Waals surface area contributed by atoms with Gasteiger partial charge in [-0.1, -0.05) is 128 Å². The molecule has 1 aromatic carbocycles. The van der Waals surface area contributed by atoms with Crippen LogP contribution in [0, 0.1) is 5.92 Å². The van der Waals surface area contributed by atoms with Gasteiger partial charge in [-0.2, -0.15) is 0 Å². The van der Waals surface area contributed by atoms with E-state index in [4.69, 9.17) is 22.9 Å². The second-order valence-corrected chi connectivity index (χ2v) is 19.6. The van der Waals surface area contributed by atoms with E-state index in [9.17, 15) is 43.8 Å². The number of guanidine groups is 2. The Morgan fingerprint density at radius 1 is 0.514 bits per heavy atom. The monoisotopic (exact) mass is 1040 g/mol. The van der Waals surface area contributed by atoms with Crippen LogP contribution in [-0.2, 0) is 40.0 Å². The Morgan fingerprint density at radius 2 is 0.986 bits per heavy atom. The van der Waals surface area contributed by atoms with Gasteiger partial charge < -0.3 is 70.4 Å². The lowest BCUT2D eigenvalue weighted by atomic mass is 9.99. The van der Waals surface area contributed by atoms with Gasteiger partial charge in [0.05, 0.1) is 12.7 Å². The molecule has 0 unspecified atom stereocenters. The first-order valence-electron chi connectivity index (χ1n) is 26.8. The average molecular weight is 1040 g/mol. The lowest BCUT2D eigenvalue weighted by Gasteiger charge is -2.29. The van der Waals surface area contributed by atoms with Crippen molar-refractivity contribution in [1.29, 1.82) is 0 Å². The molecule has 22 nitrogen and oxygen atoms in total. The molecule has 22 heteroatoms. The first-order chi connectivity index (χ1) is 35.2. The summed E-state index contributed by atoms with van der Waals surface area (Å²) in [6.45, 7) is 9.73. The third-order valence-corrected chi connectivity index (χ3v) is 12.4. The molecule has 17 N–H and O–H groups in total. The smallest absolute Gasteiger partial charge is 0.245 e. The van der Waals surface area contributed by atoms with Crippen molar-refractivity contribution in [1.82, 2.24) is 37.2 Å². The predicted octanol–water partition coefficient (Wildman–Crippen LogP) is 1.28. The lowest BCUT2D eigenvalue weighted by molar-refractivity contribution is -0.137. The van der Waals surface area contributed by atoms with E-state index in [1.54, 1.807) is 51.1 Å². The number of unbranched alkanes of at least 4 members (excludes halogenated alkanes) is 12. The standard InChI is InChI=1S/C52H93N13O9/c1-7-8-9-10-11-12-13-14-15-16-17-18-22-29-42(68)64-44(37(6)67)50(74)65-43(34(2)3)49(73)62-40(32-38-26-20-19-21-27-38)47(71)61-39(28-24-31-58-52(55)56)46(70)63-41(33-66)48(72)60-36(5)45(69)59-35(4)25-23-30-57-51(53)54/h19-21,26-27,34-37,39-41,43-44,66-67H,7-18,22-25,28-33H2,1-6H3,(H,59,69)(H,60,72)(H,61,71)(H,62,73)(H,63,70)(H,64,68)(H,65,74)(H4,53,54,57)(H4,55,56,58)/t35-,36+,37-,39+,40+,41+,43+,44+/m1/s1. The second-order valence-electron chi connectivity index (χ2n) is 19.6. The highest BCUT2D eigenvalue weighted by Crippen LogP contribution is 2.14. The highest BCUT2D eigenvalue weighted by atomic mass is 16.3. The summed E-state index contributed by atoms with van der Waals surface area (Å²) in [7, 11) is 0. The summed E-state index contributed by atoms with van der Waals surface area (Å²) in [5.41, 5.74) is 22.4. The maximum absolute atomic E-state index is 14.3. The molecule has 0 saturated carbocycles. The number of rotatable bonds is 40. The Kier molecular flexibility index (Phi) is 34.4. The Labute approximate surface area is 439 Å². The average Bonchev–Trinajstić information content (AvgIpc) is 3.34. The summed E-state index contributed by atoms with van der Waals surface area (Å²) in [4.78, 5) is 103. The number of nitrogens with zero attached hydrogens (tertiary/aromatic N) is 2. The number of hydrogen-bond donors (Lipinski definition) is 13. The summed E-state index contributed by atoms with van der Waals surface area (Å²) in [6, 6.07) is 0.553. The number of carbonyl (C=O) groups is 7. The molecular weight excluding hydrogens is 951 g/mol. The Balaban J connectivity index is 3.11. The van der Waals surface area contributed by atoms with Crippen molar-refractivity contribution in [3.05, 3.63) is 35.9 Å². The molecule has 1 aromatic rings. The molecule has 0 aliphatic carbocycles. The highest BCUT2D eigenvalue weighted by Gasteiger charge is 2.35. The summed E-state index contributed by atoms with van der Waals surface area (Å²) < 4.78 is 0. The molecule has 0 spiro atoms. The van der Waals surface area contributed by atoms with Crippen molar-refractivity contribution >= 4 is 53.3 Å². The van der Waals surface area contributed by atoms with E-state index in [1.807, 2.05) is 0 Å². The molecule has 74 heavy (non-hydrogen) atoms. The van der Waals surface area contributed by atoms with Gasteiger partial charge >= 0.3 is 0 Å². The van der Waals surface area contributed by atoms with Crippen molar-refractivity contribution in [2.75, 3.05) is 19.7 Å². The number of amides is 7. The van der Waals surface area contributed by atoms with Crippen LogP contribution in [0.4, 0.5) is 0 Å². The number of carbonyl (C=O) groups excluding carboxylic acids is 7. The zero-order valence-corrected chi connectivity index (χ0v) is 45.1. The predicted molar refractivity (Wildman–Crippen MR) is 289 cm³/mol. The minimum absolute atomic E-state index is 0.0406. The minimum atomic E-state index is -1.54. The summed E-state index contributed by atoms with van der Waals surface area (Å²) in [5, 5.41) is 39.2. The molecule has 7 amide bonds. The minimum Gasteiger partial charge on any atom is -0.394 e. The third-order valence-electron chi connectivity index (χ3n) is 12.4. The fourth-order valence-electron chi connectivity index (χ4n) is 7.99. The van der Waals surface area contributed by atoms with Gasteiger partial charge in [-0.3, -0.25) is 43.5 Å². The zero-order chi connectivity index (χ0) is 55.4. The van der Waals surface area contributed by atoms with Gasteiger partial charge in [0.15, 0.2) is 11.9 Å². The van der Waals surface area contributed by atoms with E-state index >= 15 is 0 Å². The molecule has 0 radical (unpaired) electrons. The number of aliphatic hydroxyl groups excluding tert-OH is 2. The summed E-state index contributed by atoms with van der Waals surface area (Å²) >= 11 is 0. The highest BCUT2D eigenvalue weighted by molar-refractivity contribution is 5.97. The Morgan fingerprint density at radius 3 is 1.50 bits per heavy atom. The molecule has 0 aliphatic rings. The van der Waals surface area contributed by atoms with Crippen LogP contribution in [0.3, 0.4) is 0 Å². The zero-order valence-electron chi connectivity index (χ0n) is 45.1. The molecule has 0 heterocycles. The lowest BCUT2D eigenvalue weighted by Crippen LogP contribution is -2.61. The van der Waals surface area contributed by atoms with Crippen molar-refractivity contribution in [3.8, 4) is 0 Å². The number of nitrogens with one attached hydrogen (secondary N) is 7. The Hall–Kier alpha value is -6.03. The van der Waals surface area contributed by atoms with Crippen molar-refractivity contribution in [2.45, 2.75) is 212 Å². The molecule has 8 atom stereocenters. The number of hydrogen-bond acceptors (Lipinski definition) is 11. The van der Waals surface area contributed by atoms with Crippen LogP contribution in [0.5, 0.6) is 0 Å². The van der Waals surface area contributed by atoms with Crippen LogP contribution in [0.25, 0.3) is 0 Å². The Bertz CT molecular complexity index is 1880. The van der Waals surface area contributed by atoms with Crippen LogP contribution in [0.15, 0.2) is 40.3 Å². The van der Waals surface area contributed by atoms with Gasteiger partial charge in [0.2, 0.25) is 41.4 Å². The second kappa shape index (κ2) is 38.5. The topological polar surface area (TPSA) is 373 Å². The molecule has 420 valence electrons. The van der Waals surface area contributed by atoms with E-state index in [0.717, 1.165) is 25.7 Å². The van der Waals surface area contributed by atoms with E-state index in [1.165, 1.54) is 65.2 Å². The van der Waals surface area contributed by atoms with Crippen molar-refractivity contribution in [3.63, 3.8) is 0 Å². The fraction of sp³-hybridized carbons (Fsp3) is 0.712. The van der Waals surface area contributed by atoms with Gasteiger partial charge in [0, 0.05) is 32.0 Å². The molecule has 0 aromatic heterocycles. The molecule has 1 rings (SSSR count). The fourth-order valence-corrected chi connectivity index (χ4v) is 7.99. The van der Waals surface area contributed by atoms with Crippen LogP contribution in [0.1, 0.15) is 163 Å². The molecule has 0 fully saturated rings. The number of aliphatic hydroxyl groups is 2. The maximum atomic E-state index is 14.3. The number of aliphatic imine (C=N–C) groups is 2. The molecule has 0 bridgehead atoms. The van der Waals surface area contributed by atoms with Crippen molar-refractivity contribution < 1.29 is 43.8 Å². The van der Waals surface area contributed by atoms with Gasteiger partial charge in [-0.05, 0) is 64.4 Å². The van der Waals surface area contributed by atoms with E-state index < -0.39 is 96.2 Å². The molecule has 0 aliphatic heterocycles. The molecule has 0 saturated heterocycles. The van der Waals surface area contributed by atoms with Crippen LogP contribution in [0.2, 0.25) is 0 Å². The first kappa shape index (κ1) is 66.0. The van der Waals surface area contributed by atoms with E-state index in [-0.39, 0.29) is 50.2 Å². The summed E-state index contributed by atoms with van der Waals surface area (Å²) in [6.07, 6.45) is 15.0. The van der Waals surface area contributed by atoms with Crippen LogP contribution < -0.4 is 60.2 Å². The number of benzene rings is 1. The van der Waals surface area contributed by atoms with Gasteiger partial charge in [0.1, 0.15) is 36.3 Å². The summed E-state index contributed by atoms with van der Waals surface area (Å²) in [5.74, 6) is -5.80. The normalized spacial score (nSPS) is 14.3. The van der Waals surface area contributed by atoms with Crippen molar-refractivity contribution in [2.24, 2.45) is 38.8 Å². The number of nitrogens with two attached hydrogens (primary N) is 4. The SMILES string of the molecule is CCCCCCCCCCCCCCCC(=O)N[C@H](C(=O)N[C@H](C(=O)N[C@@H](Cc1ccccc1)C(=O)N[C@@H](CCCN=C(N)N)C(=O)N[C@@H](CO)C(=O)N[C@@H](C)C(=O)N[C@H](C)CCCN=C(N)N)C(C)C)[C@@H](C)O. The van der Waals surface area contributed by atoms with E-state index in [0.29, 0.717) is 31.4 Å². The first-order valence-corrected chi connectivity index (χ1v) is 26.8. The maximum Gasteiger partial charge on any atom is 0.245 e. The van der Waals surface area contributed by atoms with Gasteiger partial charge in [0.25, 0.3) is 0 Å². The van der Waals surface area contributed by atoms with Gasteiger partial charge in [-0.25, -0.2) is 0 Å². The molecular formula is C52H93N13O9. The quantitative estimate of drug-likeness (QED) is 0.0251. The van der Waals surface area contributed by atoms with Crippen LogP contribution in [-0.4, -0.2) is 132 Å².